The number of nitrogens with zero attached hydrogens (tertiary/aromatic N) is 2. The van der Waals surface area contributed by atoms with Crippen molar-refractivity contribution >= 4 is 16.6 Å². The van der Waals surface area contributed by atoms with Gasteiger partial charge < -0.3 is 15.0 Å². The van der Waals surface area contributed by atoms with Gasteiger partial charge in [-0.25, -0.2) is 4.98 Å². The van der Waals surface area contributed by atoms with Crippen LogP contribution in [0.2, 0.25) is 0 Å². The first-order valence-corrected chi connectivity index (χ1v) is 7.17. The number of aromatic nitrogens is 1. The van der Waals surface area contributed by atoms with Gasteiger partial charge in [0.15, 0.2) is 0 Å². The Morgan fingerprint density at radius 3 is 2.70 bits per heavy atom. The average molecular weight is 273 g/mol. The molecule has 0 aliphatic rings. The molecule has 0 aliphatic carbocycles. The van der Waals surface area contributed by atoms with Crippen LogP contribution in [-0.2, 0) is 0 Å². The molecule has 1 aromatic heterocycles. The van der Waals surface area contributed by atoms with Crippen LogP contribution < -0.4 is 10.1 Å². The van der Waals surface area contributed by atoms with E-state index in [1.807, 2.05) is 24.4 Å². The molecule has 0 atom stereocenters. The molecule has 0 unspecified atom stereocenters. The van der Waals surface area contributed by atoms with Gasteiger partial charge in [0.05, 0.1) is 7.11 Å². The monoisotopic (exact) mass is 273 g/mol. The van der Waals surface area contributed by atoms with Crippen molar-refractivity contribution in [3.8, 4) is 5.75 Å². The Balaban J connectivity index is 2.10. The topological polar surface area (TPSA) is 37.4 Å². The lowest BCUT2D eigenvalue weighted by molar-refractivity contribution is 0.316. The quantitative estimate of drug-likeness (QED) is 0.841. The van der Waals surface area contributed by atoms with Crippen LogP contribution in [0, 0.1) is 0 Å². The zero-order valence-corrected chi connectivity index (χ0v) is 12.5. The molecule has 1 N–H and O–H groups in total. The van der Waals surface area contributed by atoms with E-state index < -0.39 is 0 Å². The standard InChI is InChI=1S/C16H23N3O/c1-4-19(5-2)11-10-18-16-15-7-6-14(20-3)12-13(15)8-9-17-16/h6-9,12H,4-5,10-11H2,1-3H3,(H,17,18). The van der Waals surface area contributed by atoms with Gasteiger partial charge in [-0.05, 0) is 42.7 Å². The van der Waals surface area contributed by atoms with Crippen molar-refractivity contribution in [1.82, 2.24) is 9.88 Å². The van der Waals surface area contributed by atoms with Crippen LogP contribution >= 0.6 is 0 Å². The number of fused-ring (bicyclic) bond motifs is 1. The predicted molar refractivity (Wildman–Crippen MR) is 84.6 cm³/mol. The fraction of sp³-hybridized carbons (Fsp3) is 0.438. The van der Waals surface area contributed by atoms with Gasteiger partial charge in [-0.15, -0.1) is 0 Å². The lowest BCUT2D eigenvalue weighted by Crippen LogP contribution is -2.28. The van der Waals surface area contributed by atoms with E-state index in [9.17, 15) is 0 Å². The van der Waals surface area contributed by atoms with E-state index in [2.05, 4.69) is 35.1 Å². The van der Waals surface area contributed by atoms with Crippen LogP contribution in [0.1, 0.15) is 13.8 Å². The lowest BCUT2D eigenvalue weighted by Gasteiger charge is -2.18. The second-order valence-corrected chi connectivity index (χ2v) is 4.70. The van der Waals surface area contributed by atoms with Crippen molar-refractivity contribution in [3.63, 3.8) is 0 Å². The summed E-state index contributed by atoms with van der Waals surface area (Å²) < 4.78 is 5.26. The van der Waals surface area contributed by atoms with Gasteiger partial charge in [0.2, 0.25) is 0 Å². The molecule has 0 fully saturated rings. The molecule has 1 heterocycles. The highest BCUT2D eigenvalue weighted by Crippen LogP contribution is 2.25. The number of anilines is 1. The Labute approximate surface area is 120 Å². The number of methoxy groups -OCH3 is 1. The van der Waals surface area contributed by atoms with Gasteiger partial charge in [-0.1, -0.05) is 13.8 Å². The van der Waals surface area contributed by atoms with Crippen LogP contribution in [-0.4, -0.2) is 43.2 Å². The highest BCUT2D eigenvalue weighted by atomic mass is 16.5. The summed E-state index contributed by atoms with van der Waals surface area (Å²) in [7, 11) is 1.69. The lowest BCUT2D eigenvalue weighted by atomic mass is 10.1. The molecule has 108 valence electrons. The van der Waals surface area contributed by atoms with Crippen LogP contribution in [0.5, 0.6) is 5.75 Å². The van der Waals surface area contributed by atoms with E-state index in [-0.39, 0.29) is 0 Å². The summed E-state index contributed by atoms with van der Waals surface area (Å²) in [4.78, 5) is 6.83. The number of rotatable bonds is 7. The molecule has 0 saturated heterocycles. The van der Waals surface area contributed by atoms with Crippen molar-refractivity contribution in [2.75, 3.05) is 38.6 Å². The molecular weight excluding hydrogens is 250 g/mol. The maximum absolute atomic E-state index is 5.26. The third-order valence-electron chi connectivity index (χ3n) is 3.59. The molecule has 0 spiro atoms. The molecule has 2 rings (SSSR count). The minimum atomic E-state index is 0.873. The maximum atomic E-state index is 5.26. The van der Waals surface area contributed by atoms with Crippen LogP contribution in [0.4, 0.5) is 5.82 Å². The second kappa shape index (κ2) is 7.10. The van der Waals surface area contributed by atoms with E-state index in [0.717, 1.165) is 48.5 Å². The summed E-state index contributed by atoms with van der Waals surface area (Å²) in [6.45, 7) is 8.47. The number of likely N-dealkylation sites (N-methyl/N-ethyl adjacent to an activating group) is 1. The summed E-state index contributed by atoms with van der Waals surface area (Å²) >= 11 is 0. The number of hydrogen-bond acceptors (Lipinski definition) is 4. The molecule has 0 radical (unpaired) electrons. The molecule has 0 aliphatic heterocycles. The minimum Gasteiger partial charge on any atom is -0.497 e. The van der Waals surface area contributed by atoms with Gasteiger partial charge in [0.25, 0.3) is 0 Å². The number of benzene rings is 1. The minimum absolute atomic E-state index is 0.873. The van der Waals surface area contributed by atoms with Crippen molar-refractivity contribution in [2.24, 2.45) is 0 Å². The predicted octanol–water partition coefficient (Wildman–Crippen LogP) is 3.00. The Morgan fingerprint density at radius 2 is 2.00 bits per heavy atom. The number of nitrogens with one attached hydrogen (secondary N) is 1. The normalized spacial score (nSPS) is 11.0. The molecule has 4 heteroatoms. The summed E-state index contributed by atoms with van der Waals surface area (Å²) in [6.07, 6.45) is 1.83. The van der Waals surface area contributed by atoms with Gasteiger partial charge in [0, 0.05) is 24.7 Å². The third-order valence-corrected chi connectivity index (χ3v) is 3.59. The van der Waals surface area contributed by atoms with Crippen LogP contribution in [0.25, 0.3) is 10.8 Å². The zero-order chi connectivity index (χ0) is 14.4. The van der Waals surface area contributed by atoms with Gasteiger partial charge >= 0.3 is 0 Å². The first-order valence-electron chi connectivity index (χ1n) is 7.17. The third kappa shape index (κ3) is 3.39. The Morgan fingerprint density at radius 1 is 1.20 bits per heavy atom. The van der Waals surface area contributed by atoms with E-state index in [4.69, 9.17) is 4.74 Å². The molecule has 1 aromatic carbocycles. The molecule has 0 amide bonds. The van der Waals surface area contributed by atoms with Crippen LogP contribution in [0.3, 0.4) is 0 Å². The van der Waals surface area contributed by atoms with E-state index in [0.29, 0.717) is 0 Å². The summed E-state index contributed by atoms with van der Waals surface area (Å²) in [5.74, 6) is 1.81. The second-order valence-electron chi connectivity index (χ2n) is 4.70. The molecular formula is C16H23N3O. The molecule has 4 nitrogen and oxygen atoms in total. The fourth-order valence-corrected chi connectivity index (χ4v) is 2.30. The first kappa shape index (κ1) is 14.6. The Kier molecular flexibility index (Phi) is 5.18. The van der Waals surface area contributed by atoms with Crippen molar-refractivity contribution in [2.45, 2.75) is 13.8 Å². The van der Waals surface area contributed by atoms with Gasteiger partial charge in [-0.2, -0.15) is 0 Å². The van der Waals surface area contributed by atoms with E-state index in [1.54, 1.807) is 7.11 Å². The smallest absolute Gasteiger partial charge is 0.133 e. The highest BCUT2D eigenvalue weighted by Gasteiger charge is 2.04. The maximum Gasteiger partial charge on any atom is 0.133 e. The first-order chi connectivity index (χ1) is 9.78. The molecule has 20 heavy (non-hydrogen) atoms. The zero-order valence-electron chi connectivity index (χ0n) is 12.5. The van der Waals surface area contributed by atoms with Gasteiger partial charge in [0.1, 0.15) is 11.6 Å². The Hall–Kier alpha value is -1.81. The van der Waals surface area contributed by atoms with E-state index >= 15 is 0 Å². The number of ether oxygens (including phenoxy) is 1. The summed E-state index contributed by atoms with van der Waals surface area (Å²) in [5.41, 5.74) is 0. The molecule has 0 saturated carbocycles. The highest BCUT2D eigenvalue weighted by molar-refractivity contribution is 5.92. The SMILES string of the molecule is CCN(CC)CCNc1nccc2cc(OC)ccc12. The molecule has 0 bridgehead atoms. The summed E-state index contributed by atoms with van der Waals surface area (Å²) in [5, 5.41) is 5.71. The number of hydrogen-bond donors (Lipinski definition) is 1. The van der Waals surface area contributed by atoms with Crippen molar-refractivity contribution in [1.29, 1.82) is 0 Å². The largest absolute Gasteiger partial charge is 0.497 e. The average Bonchev–Trinajstić information content (AvgIpc) is 2.51. The molecule has 2 aromatic rings. The van der Waals surface area contributed by atoms with E-state index in [1.165, 1.54) is 0 Å². The van der Waals surface area contributed by atoms with Gasteiger partial charge in [-0.3, -0.25) is 0 Å². The van der Waals surface area contributed by atoms with Crippen molar-refractivity contribution in [3.05, 3.63) is 30.5 Å². The van der Waals surface area contributed by atoms with Crippen molar-refractivity contribution < 1.29 is 4.74 Å². The number of pyridine rings is 1. The summed E-state index contributed by atoms with van der Waals surface area (Å²) in [6, 6.07) is 8.07. The van der Waals surface area contributed by atoms with Crippen LogP contribution in [0.15, 0.2) is 30.5 Å². The Bertz CT molecular complexity index is 552. The fourth-order valence-electron chi connectivity index (χ4n) is 2.30.